The van der Waals surface area contributed by atoms with E-state index in [9.17, 15) is 33.2 Å². The Morgan fingerprint density at radius 2 is 1.43 bits per heavy atom. The second-order valence-electron chi connectivity index (χ2n) is 5.99. The minimum Gasteiger partial charge on any atom is -0.354 e. The third-order valence-electron chi connectivity index (χ3n) is 3.99. The van der Waals surface area contributed by atoms with Crippen molar-refractivity contribution in [2.75, 3.05) is 10.6 Å². The number of para-hydroxylation sites is 2. The van der Waals surface area contributed by atoms with Crippen LogP contribution in [0.4, 0.5) is 34.1 Å². The van der Waals surface area contributed by atoms with Gasteiger partial charge in [0.15, 0.2) is 0 Å². The lowest BCUT2D eigenvalue weighted by Crippen LogP contribution is -2.05. The maximum absolute atomic E-state index is 11.9. The van der Waals surface area contributed by atoms with Gasteiger partial charge in [-0.05, 0) is 36.4 Å². The van der Waals surface area contributed by atoms with E-state index in [-0.39, 0.29) is 17.1 Å². The van der Waals surface area contributed by atoms with Crippen LogP contribution >= 0.6 is 0 Å². The van der Waals surface area contributed by atoms with E-state index < -0.39 is 36.2 Å². The van der Waals surface area contributed by atoms with Gasteiger partial charge in [-0.1, -0.05) is 24.3 Å². The first-order chi connectivity index (χ1) is 14.2. The number of nitrogens with one attached hydrogen (secondary N) is 2. The molecule has 0 saturated heterocycles. The monoisotopic (exact) mass is 430 g/mol. The van der Waals surface area contributed by atoms with Crippen LogP contribution in [-0.2, 0) is 10.1 Å². The van der Waals surface area contributed by atoms with E-state index in [2.05, 4.69) is 10.6 Å². The van der Waals surface area contributed by atoms with Crippen molar-refractivity contribution in [2.45, 2.75) is 4.90 Å². The van der Waals surface area contributed by atoms with E-state index in [1.807, 2.05) is 0 Å². The number of rotatable bonds is 7. The Morgan fingerprint density at radius 3 is 2.03 bits per heavy atom. The van der Waals surface area contributed by atoms with Crippen LogP contribution in [0, 0.1) is 20.2 Å². The van der Waals surface area contributed by atoms with E-state index in [1.165, 1.54) is 24.3 Å². The molecule has 3 aromatic rings. The minimum atomic E-state index is -4.66. The molecule has 0 aliphatic heterocycles. The zero-order valence-electron chi connectivity index (χ0n) is 15.1. The van der Waals surface area contributed by atoms with Crippen molar-refractivity contribution in [1.29, 1.82) is 0 Å². The van der Waals surface area contributed by atoms with Crippen LogP contribution in [-0.4, -0.2) is 22.8 Å². The maximum Gasteiger partial charge on any atom is 0.369 e. The maximum atomic E-state index is 11.9. The fourth-order valence-electron chi connectivity index (χ4n) is 2.72. The SMILES string of the molecule is O=[N+]([O-])c1cccc(Nc2ccc(Nc3ccccc3)c(S(=O)(=O)O)c2)c1[N+](=O)[O-]. The highest BCUT2D eigenvalue weighted by molar-refractivity contribution is 7.86. The van der Waals surface area contributed by atoms with Gasteiger partial charge in [-0.15, -0.1) is 0 Å². The van der Waals surface area contributed by atoms with E-state index in [0.29, 0.717) is 5.69 Å². The molecule has 0 spiro atoms. The molecule has 0 bridgehead atoms. The van der Waals surface area contributed by atoms with E-state index in [0.717, 1.165) is 12.1 Å². The van der Waals surface area contributed by atoms with Crippen molar-refractivity contribution >= 4 is 44.2 Å². The van der Waals surface area contributed by atoms with Crippen LogP contribution in [0.5, 0.6) is 0 Å². The van der Waals surface area contributed by atoms with Gasteiger partial charge in [0.25, 0.3) is 10.1 Å². The van der Waals surface area contributed by atoms with E-state index >= 15 is 0 Å². The number of nitro groups is 2. The van der Waals surface area contributed by atoms with Gasteiger partial charge >= 0.3 is 11.4 Å². The highest BCUT2D eigenvalue weighted by Gasteiger charge is 2.28. The van der Waals surface area contributed by atoms with Crippen molar-refractivity contribution in [2.24, 2.45) is 0 Å². The lowest BCUT2D eigenvalue weighted by atomic mass is 10.2. The normalized spacial score (nSPS) is 11.0. The first kappa shape index (κ1) is 20.7. The fraction of sp³-hybridized carbons (Fsp3) is 0. The molecule has 0 saturated carbocycles. The second-order valence-corrected chi connectivity index (χ2v) is 7.38. The van der Waals surface area contributed by atoms with Crippen LogP contribution in [0.15, 0.2) is 71.6 Å². The van der Waals surface area contributed by atoms with Crippen molar-refractivity contribution < 1.29 is 22.8 Å². The average Bonchev–Trinajstić information content (AvgIpc) is 2.68. The summed E-state index contributed by atoms with van der Waals surface area (Å²) >= 11 is 0. The number of nitrogens with zero attached hydrogens (tertiary/aromatic N) is 2. The van der Waals surface area contributed by atoms with Crippen LogP contribution < -0.4 is 10.6 Å². The summed E-state index contributed by atoms with van der Waals surface area (Å²) in [7, 11) is -4.66. The largest absolute Gasteiger partial charge is 0.369 e. The van der Waals surface area contributed by atoms with E-state index in [1.54, 1.807) is 30.3 Å². The van der Waals surface area contributed by atoms with Crippen molar-refractivity contribution in [3.05, 3.63) is 87.0 Å². The molecule has 154 valence electrons. The molecule has 0 aliphatic carbocycles. The minimum absolute atomic E-state index is 0.0600. The number of hydrogen-bond acceptors (Lipinski definition) is 8. The molecule has 0 aliphatic rings. The summed E-state index contributed by atoms with van der Waals surface area (Å²) in [5.41, 5.74) is -1.01. The number of benzene rings is 3. The summed E-state index contributed by atoms with van der Waals surface area (Å²) in [5, 5.41) is 27.9. The molecule has 3 rings (SSSR count). The second kappa shape index (κ2) is 8.14. The number of anilines is 4. The molecule has 0 heterocycles. The summed E-state index contributed by atoms with van der Waals surface area (Å²) in [6.45, 7) is 0. The molecule has 0 radical (unpaired) electrons. The molecule has 0 unspecified atom stereocenters. The van der Waals surface area contributed by atoms with Gasteiger partial charge in [-0.2, -0.15) is 8.42 Å². The van der Waals surface area contributed by atoms with Crippen LogP contribution in [0.25, 0.3) is 0 Å². The Hall–Kier alpha value is -4.03. The summed E-state index contributed by atoms with van der Waals surface area (Å²) in [6, 6.07) is 15.9. The summed E-state index contributed by atoms with van der Waals surface area (Å²) in [6.07, 6.45) is 0. The van der Waals surface area contributed by atoms with Crippen molar-refractivity contribution in [3.8, 4) is 0 Å². The number of hydrogen-bond donors (Lipinski definition) is 3. The molecule has 3 N–H and O–H groups in total. The Balaban J connectivity index is 2.04. The predicted octanol–water partition coefficient (Wildman–Crippen LogP) is 4.24. The van der Waals surface area contributed by atoms with Gasteiger partial charge in [0.05, 0.1) is 15.5 Å². The highest BCUT2D eigenvalue weighted by Crippen LogP contribution is 2.37. The van der Waals surface area contributed by atoms with Gasteiger partial charge in [0, 0.05) is 17.4 Å². The van der Waals surface area contributed by atoms with Crippen LogP contribution in [0.2, 0.25) is 0 Å². The molecule has 0 aromatic heterocycles. The molecule has 11 nitrogen and oxygen atoms in total. The van der Waals surface area contributed by atoms with Crippen molar-refractivity contribution in [3.63, 3.8) is 0 Å². The van der Waals surface area contributed by atoms with Crippen LogP contribution in [0.1, 0.15) is 0 Å². The Bertz CT molecular complexity index is 1230. The summed E-state index contributed by atoms with van der Waals surface area (Å²) in [4.78, 5) is 20.1. The third kappa shape index (κ3) is 4.51. The molecule has 12 heteroatoms. The topological polar surface area (TPSA) is 165 Å². The Labute approximate surface area is 170 Å². The van der Waals surface area contributed by atoms with Gasteiger partial charge in [-0.3, -0.25) is 24.8 Å². The van der Waals surface area contributed by atoms with Gasteiger partial charge < -0.3 is 10.6 Å². The molecule has 0 fully saturated rings. The Morgan fingerprint density at radius 1 is 0.767 bits per heavy atom. The van der Waals surface area contributed by atoms with E-state index in [4.69, 9.17) is 0 Å². The third-order valence-corrected chi connectivity index (χ3v) is 4.88. The van der Waals surface area contributed by atoms with Gasteiger partial charge in [0.1, 0.15) is 10.6 Å². The van der Waals surface area contributed by atoms with Crippen LogP contribution in [0.3, 0.4) is 0 Å². The molecule has 0 amide bonds. The molecule has 0 atom stereocenters. The standard InChI is InChI=1S/C18H14N4O7S/c23-21(24)16-8-4-7-15(18(16)22(25)26)20-13-9-10-14(17(11-13)30(27,28)29)19-12-5-2-1-3-6-12/h1-11,19-20H,(H,27,28,29). The highest BCUT2D eigenvalue weighted by atomic mass is 32.2. The lowest BCUT2D eigenvalue weighted by Gasteiger charge is -2.13. The fourth-order valence-corrected chi connectivity index (χ4v) is 3.39. The molecule has 3 aromatic carbocycles. The zero-order valence-corrected chi connectivity index (χ0v) is 15.9. The Kier molecular flexibility index (Phi) is 5.62. The predicted molar refractivity (Wildman–Crippen MR) is 109 cm³/mol. The van der Waals surface area contributed by atoms with Gasteiger partial charge in [-0.25, -0.2) is 0 Å². The smallest absolute Gasteiger partial charge is 0.354 e. The summed E-state index contributed by atoms with van der Waals surface area (Å²) in [5.74, 6) is 0. The summed E-state index contributed by atoms with van der Waals surface area (Å²) < 4.78 is 33.3. The van der Waals surface area contributed by atoms with Gasteiger partial charge in [0.2, 0.25) is 0 Å². The molecular formula is C18H14N4O7S. The first-order valence-corrected chi connectivity index (χ1v) is 9.73. The number of nitro benzene ring substituents is 2. The molecular weight excluding hydrogens is 416 g/mol. The first-order valence-electron chi connectivity index (χ1n) is 8.29. The quantitative estimate of drug-likeness (QED) is 0.282. The molecule has 30 heavy (non-hydrogen) atoms. The average molecular weight is 430 g/mol. The lowest BCUT2D eigenvalue weighted by molar-refractivity contribution is -0.421. The van der Waals surface area contributed by atoms with Crippen molar-refractivity contribution in [1.82, 2.24) is 0 Å². The zero-order chi connectivity index (χ0) is 21.9.